The van der Waals surface area contributed by atoms with Crippen LogP contribution in [0.25, 0.3) is 33.7 Å². The molecule has 0 bridgehead atoms. The second-order valence-corrected chi connectivity index (χ2v) is 6.97. The second kappa shape index (κ2) is 8.42. The number of carbonyl (C=O) groups is 1. The van der Waals surface area contributed by atoms with Crippen molar-refractivity contribution in [3.63, 3.8) is 0 Å². The third-order valence-corrected chi connectivity index (χ3v) is 4.72. The van der Waals surface area contributed by atoms with E-state index in [2.05, 4.69) is 19.9 Å². The Kier molecular flexibility index (Phi) is 5.50. The van der Waals surface area contributed by atoms with Gasteiger partial charge in [-0.1, -0.05) is 6.07 Å². The number of aromatic amines is 2. The van der Waals surface area contributed by atoms with E-state index in [0.29, 0.717) is 34.9 Å². The van der Waals surface area contributed by atoms with E-state index in [4.69, 9.17) is 14.6 Å². The molecule has 0 amide bonds. The molecule has 4 rings (SSSR count). The molecule has 0 saturated heterocycles. The number of fused-ring (bicyclic) bond motifs is 1. The number of aliphatic carboxylic acids is 1. The smallest absolute Gasteiger partial charge is 0.344 e. The van der Waals surface area contributed by atoms with E-state index in [0.717, 1.165) is 0 Å². The van der Waals surface area contributed by atoms with Crippen molar-refractivity contribution < 1.29 is 24.5 Å². The number of aromatic hydroxyl groups is 1. The number of carboxylic acids is 1. The zero-order chi connectivity index (χ0) is 22.8. The fraction of sp³-hybridized carbons (Fsp3) is 0.182. The van der Waals surface area contributed by atoms with Gasteiger partial charge in [0.05, 0.1) is 18.5 Å². The monoisotopic (exact) mass is 436 g/mol. The molecule has 4 N–H and O–H groups in total. The third kappa shape index (κ3) is 4.10. The highest BCUT2D eigenvalue weighted by molar-refractivity contribution is 5.78. The SMILES string of the molecule is CCOc1cc(-c2cc(O)cc(O[C@@H](C)C(=O)O)c2)ccc1-c1nc2nc[nH]c2c(=O)[nH]1. The number of rotatable bonds is 7. The van der Waals surface area contributed by atoms with Gasteiger partial charge in [0.2, 0.25) is 0 Å². The minimum Gasteiger partial charge on any atom is -0.508 e. The summed E-state index contributed by atoms with van der Waals surface area (Å²) in [5.74, 6) is -0.208. The van der Waals surface area contributed by atoms with Gasteiger partial charge in [-0.3, -0.25) is 4.79 Å². The molecule has 0 spiro atoms. The number of benzene rings is 2. The molecule has 4 aromatic rings. The van der Waals surface area contributed by atoms with Crippen molar-refractivity contribution in [2.45, 2.75) is 20.0 Å². The standard InChI is InChI=1S/C22H20N4O6/c1-3-31-17-8-12(13-6-14(27)9-15(7-13)32-11(2)22(29)30)4-5-16(17)19-25-20-18(21(28)26-19)23-10-24-20/h4-11,27H,3H2,1-2H3,(H,29,30)(H2,23,24,25,26,28)/t11-/m0/s1. The Labute approximate surface area is 181 Å². The predicted molar refractivity (Wildman–Crippen MR) is 116 cm³/mol. The van der Waals surface area contributed by atoms with Crippen molar-refractivity contribution in [1.29, 1.82) is 0 Å². The maximum Gasteiger partial charge on any atom is 0.344 e. The van der Waals surface area contributed by atoms with Crippen LogP contribution in [0.4, 0.5) is 0 Å². The lowest BCUT2D eigenvalue weighted by atomic mass is 10.0. The Balaban J connectivity index is 1.77. The largest absolute Gasteiger partial charge is 0.508 e. The summed E-state index contributed by atoms with van der Waals surface area (Å²) in [7, 11) is 0. The lowest BCUT2D eigenvalue weighted by molar-refractivity contribution is -0.144. The Bertz CT molecular complexity index is 1360. The van der Waals surface area contributed by atoms with Crippen LogP contribution in [0.3, 0.4) is 0 Å². The van der Waals surface area contributed by atoms with Crippen molar-refractivity contribution in [3.8, 4) is 39.8 Å². The molecule has 164 valence electrons. The van der Waals surface area contributed by atoms with Gasteiger partial charge in [-0.2, -0.15) is 0 Å². The number of carboxylic acid groups (broad SMARTS) is 1. The number of nitrogens with zero attached hydrogens (tertiary/aromatic N) is 2. The highest BCUT2D eigenvalue weighted by atomic mass is 16.5. The van der Waals surface area contributed by atoms with Crippen LogP contribution in [0, 0.1) is 0 Å². The summed E-state index contributed by atoms with van der Waals surface area (Å²) in [6.07, 6.45) is 0.321. The van der Waals surface area contributed by atoms with E-state index in [1.807, 2.05) is 6.92 Å². The molecular weight excluding hydrogens is 416 g/mol. The quantitative estimate of drug-likeness (QED) is 0.345. The molecule has 2 aromatic heterocycles. The van der Waals surface area contributed by atoms with Crippen molar-refractivity contribution in [3.05, 3.63) is 53.1 Å². The van der Waals surface area contributed by atoms with E-state index in [1.165, 1.54) is 25.4 Å². The lowest BCUT2D eigenvalue weighted by Crippen LogP contribution is -2.22. The summed E-state index contributed by atoms with van der Waals surface area (Å²) >= 11 is 0. The van der Waals surface area contributed by atoms with Crippen LogP contribution in [0.15, 0.2) is 47.5 Å². The van der Waals surface area contributed by atoms with Crippen LogP contribution in [0.1, 0.15) is 13.8 Å². The maximum absolute atomic E-state index is 12.3. The maximum atomic E-state index is 12.3. The minimum absolute atomic E-state index is 0.0768. The van der Waals surface area contributed by atoms with Gasteiger partial charge in [0.25, 0.3) is 5.56 Å². The summed E-state index contributed by atoms with van der Waals surface area (Å²) in [6.45, 7) is 3.60. The Morgan fingerprint density at radius 1 is 1.19 bits per heavy atom. The van der Waals surface area contributed by atoms with Crippen LogP contribution in [-0.4, -0.2) is 48.8 Å². The zero-order valence-corrected chi connectivity index (χ0v) is 17.2. The number of phenols is 1. The van der Waals surface area contributed by atoms with Crippen LogP contribution in [-0.2, 0) is 4.79 Å². The van der Waals surface area contributed by atoms with E-state index in [-0.39, 0.29) is 28.2 Å². The van der Waals surface area contributed by atoms with Gasteiger partial charge in [-0.05, 0) is 49.2 Å². The van der Waals surface area contributed by atoms with Gasteiger partial charge in [0.1, 0.15) is 23.1 Å². The average Bonchev–Trinajstić information content (AvgIpc) is 3.23. The Morgan fingerprint density at radius 2 is 2.00 bits per heavy atom. The highest BCUT2D eigenvalue weighted by Crippen LogP contribution is 2.35. The van der Waals surface area contributed by atoms with Crippen LogP contribution >= 0.6 is 0 Å². The summed E-state index contributed by atoms with van der Waals surface area (Å²) in [5.41, 5.74) is 2.06. The molecule has 2 heterocycles. The molecule has 0 aliphatic rings. The molecule has 0 aliphatic heterocycles. The van der Waals surface area contributed by atoms with E-state index in [1.54, 1.807) is 24.3 Å². The molecule has 0 aliphatic carbocycles. The number of hydrogen-bond acceptors (Lipinski definition) is 7. The number of phenolic OH excluding ortho intramolecular Hbond substituents is 1. The first kappa shape index (κ1) is 20.9. The lowest BCUT2D eigenvalue weighted by Gasteiger charge is -2.14. The summed E-state index contributed by atoms with van der Waals surface area (Å²) in [4.78, 5) is 37.3. The number of hydrogen-bond donors (Lipinski definition) is 4. The summed E-state index contributed by atoms with van der Waals surface area (Å²) in [6, 6.07) is 9.74. The number of ether oxygens (including phenoxy) is 2. The van der Waals surface area contributed by atoms with Gasteiger partial charge in [-0.25, -0.2) is 14.8 Å². The fourth-order valence-corrected chi connectivity index (χ4v) is 3.22. The van der Waals surface area contributed by atoms with Crippen molar-refractivity contribution in [1.82, 2.24) is 19.9 Å². The molecule has 32 heavy (non-hydrogen) atoms. The molecule has 0 fully saturated rings. The van der Waals surface area contributed by atoms with Crippen molar-refractivity contribution in [2.24, 2.45) is 0 Å². The zero-order valence-electron chi connectivity index (χ0n) is 17.2. The molecule has 0 unspecified atom stereocenters. The second-order valence-electron chi connectivity index (χ2n) is 6.97. The highest BCUT2D eigenvalue weighted by Gasteiger charge is 2.16. The predicted octanol–water partition coefficient (Wildman–Crippen LogP) is 2.94. The number of imidazole rings is 1. The third-order valence-electron chi connectivity index (χ3n) is 4.72. The average molecular weight is 436 g/mol. The summed E-state index contributed by atoms with van der Waals surface area (Å²) in [5, 5.41) is 19.2. The van der Waals surface area contributed by atoms with Crippen molar-refractivity contribution in [2.75, 3.05) is 6.61 Å². The topological polar surface area (TPSA) is 150 Å². The first-order valence-corrected chi connectivity index (χ1v) is 9.80. The van der Waals surface area contributed by atoms with Gasteiger partial charge in [0.15, 0.2) is 17.3 Å². The van der Waals surface area contributed by atoms with Crippen LogP contribution in [0.5, 0.6) is 17.2 Å². The minimum atomic E-state index is -1.12. The molecule has 10 heteroatoms. The Hall–Kier alpha value is -4.34. The molecule has 1 atom stereocenters. The van der Waals surface area contributed by atoms with Crippen LogP contribution < -0.4 is 15.0 Å². The number of aromatic nitrogens is 4. The van der Waals surface area contributed by atoms with E-state index >= 15 is 0 Å². The molecule has 0 saturated carbocycles. The first-order valence-electron chi connectivity index (χ1n) is 9.80. The van der Waals surface area contributed by atoms with E-state index < -0.39 is 12.1 Å². The normalized spacial score (nSPS) is 11.9. The van der Waals surface area contributed by atoms with Crippen LogP contribution in [0.2, 0.25) is 0 Å². The van der Waals surface area contributed by atoms with Gasteiger partial charge in [-0.15, -0.1) is 0 Å². The fourth-order valence-electron chi connectivity index (χ4n) is 3.22. The molecule has 2 aromatic carbocycles. The summed E-state index contributed by atoms with van der Waals surface area (Å²) < 4.78 is 11.2. The Morgan fingerprint density at radius 3 is 2.75 bits per heavy atom. The number of nitrogens with one attached hydrogen (secondary N) is 2. The van der Waals surface area contributed by atoms with Gasteiger partial charge in [0, 0.05) is 6.07 Å². The van der Waals surface area contributed by atoms with Gasteiger partial charge < -0.3 is 29.7 Å². The number of H-pyrrole nitrogens is 2. The van der Waals surface area contributed by atoms with Gasteiger partial charge >= 0.3 is 5.97 Å². The molecular formula is C22H20N4O6. The first-order chi connectivity index (χ1) is 15.4. The molecule has 10 nitrogen and oxygen atoms in total. The van der Waals surface area contributed by atoms with Crippen molar-refractivity contribution >= 4 is 17.1 Å². The molecule has 0 radical (unpaired) electrons. The van der Waals surface area contributed by atoms with E-state index in [9.17, 15) is 14.7 Å².